The summed E-state index contributed by atoms with van der Waals surface area (Å²) in [6.45, 7) is 0.794. The van der Waals surface area contributed by atoms with Crippen LogP contribution in [-0.4, -0.2) is 28.0 Å². The zero-order chi connectivity index (χ0) is 13.2. The molecule has 0 amide bonds. The Hall–Kier alpha value is -1.20. The third-order valence-corrected chi connectivity index (χ3v) is 4.80. The maximum Gasteiger partial charge on any atom is 0.146 e. The average molecular weight is 276 g/mol. The molecule has 0 unspecified atom stereocenters. The normalized spacial score (nSPS) is 17.4. The largest absolute Gasteiger partial charge is 0.383 e. The first kappa shape index (κ1) is 12.8. The molecule has 1 fully saturated rings. The minimum Gasteiger partial charge on any atom is -0.383 e. The second-order valence-corrected chi connectivity index (χ2v) is 6.27. The standard InChI is InChI=1S/C14H20N4S/c1-18(10-5-3-2-4-6-10)9-12-16-13(15)11-7-8-19-14(11)17-12/h7-8,10H,2-6,9H2,1H3,(H2,15,16,17). The van der Waals surface area contributed by atoms with Gasteiger partial charge in [0.15, 0.2) is 0 Å². The van der Waals surface area contributed by atoms with Gasteiger partial charge in [-0.3, -0.25) is 4.90 Å². The van der Waals surface area contributed by atoms with E-state index in [-0.39, 0.29) is 0 Å². The van der Waals surface area contributed by atoms with Crippen molar-refractivity contribution in [2.75, 3.05) is 12.8 Å². The molecule has 0 saturated heterocycles. The first-order valence-corrected chi connectivity index (χ1v) is 7.82. The number of thiophene rings is 1. The summed E-state index contributed by atoms with van der Waals surface area (Å²) in [5, 5.41) is 3.00. The van der Waals surface area contributed by atoms with E-state index in [0.29, 0.717) is 11.9 Å². The molecule has 0 bridgehead atoms. The minimum atomic E-state index is 0.610. The molecule has 0 atom stereocenters. The molecule has 5 heteroatoms. The van der Waals surface area contributed by atoms with Crippen molar-refractivity contribution < 1.29 is 0 Å². The van der Waals surface area contributed by atoms with Crippen LogP contribution >= 0.6 is 11.3 Å². The maximum atomic E-state index is 5.99. The molecule has 0 aliphatic heterocycles. The number of hydrogen-bond donors (Lipinski definition) is 1. The van der Waals surface area contributed by atoms with Crippen LogP contribution in [0.1, 0.15) is 37.9 Å². The fourth-order valence-corrected chi connectivity index (χ4v) is 3.66. The number of nitrogens with zero attached hydrogens (tertiary/aromatic N) is 3. The summed E-state index contributed by atoms with van der Waals surface area (Å²) >= 11 is 1.63. The molecule has 4 nitrogen and oxygen atoms in total. The second-order valence-electron chi connectivity index (χ2n) is 5.37. The number of aromatic nitrogens is 2. The van der Waals surface area contributed by atoms with E-state index in [0.717, 1.165) is 22.6 Å². The number of nitrogen functional groups attached to an aromatic ring is 1. The van der Waals surface area contributed by atoms with Gasteiger partial charge >= 0.3 is 0 Å². The second kappa shape index (κ2) is 5.43. The molecule has 2 aromatic rings. The molecule has 1 aliphatic carbocycles. The number of rotatable bonds is 3. The van der Waals surface area contributed by atoms with Crippen molar-refractivity contribution in [2.45, 2.75) is 44.7 Å². The molecular weight excluding hydrogens is 256 g/mol. The summed E-state index contributed by atoms with van der Waals surface area (Å²) in [5.41, 5.74) is 5.99. The van der Waals surface area contributed by atoms with Crippen molar-refractivity contribution in [1.29, 1.82) is 0 Å². The van der Waals surface area contributed by atoms with E-state index < -0.39 is 0 Å². The smallest absolute Gasteiger partial charge is 0.146 e. The number of hydrogen-bond acceptors (Lipinski definition) is 5. The predicted molar refractivity (Wildman–Crippen MR) is 80.2 cm³/mol. The molecule has 1 aliphatic rings. The lowest BCUT2D eigenvalue weighted by Crippen LogP contribution is -2.33. The average Bonchev–Trinajstić information content (AvgIpc) is 2.88. The van der Waals surface area contributed by atoms with Crippen LogP contribution in [0.5, 0.6) is 0 Å². The van der Waals surface area contributed by atoms with Crippen molar-refractivity contribution >= 4 is 27.4 Å². The van der Waals surface area contributed by atoms with Gasteiger partial charge in [-0.05, 0) is 31.3 Å². The summed E-state index contributed by atoms with van der Waals surface area (Å²) in [6, 6.07) is 2.67. The molecule has 102 valence electrons. The minimum absolute atomic E-state index is 0.610. The number of nitrogens with two attached hydrogens (primary N) is 1. The van der Waals surface area contributed by atoms with Gasteiger partial charge in [-0.1, -0.05) is 19.3 Å². The third-order valence-electron chi connectivity index (χ3n) is 3.99. The molecule has 3 rings (SSSR count). The van der Waals surface area contributed by atoms with Crippen LogP contribution in [0.25, 0.3) is 10.2 Å². The first-order valence-electron chi connectivity index (χ1n) is 6.94. The molecule has 0 aromatic carbocycles. The highest BCUT2D eigenvalue weighted by Gasteiger charge is 2.19. The summed E-state index contributed by atoms with van der Waals surface area (Å²) in [6.07, 6.45) is 6.68. The van der Waals surface area contributed by atoms with Crippen molar-refractivity contribution in [3.8, 4) is 0 Å². The van der Waals surface area contributed by atoms with Crippen LogP contribution in [0.3, 0.4) is 0 Å². The van der Waals surface area contributed by atoms with Gasteiger partial charge in [-0.25, -0.2) is 9.97 Å². The summed E-state index contributed by atoms with van der Waals surface area (Å²) in [7, 11) is 2.17. The van der Waals surface area contributed by atoms with E-state index in [2.05, 4.69) is 21.9 Å². The third kappa shape index (κ3) is 2.72. The molecule has 0 radical (unpaired) electrons. The summed E-state index contributed by atoms with van der Waals surface area (Å²) in [4.78, 5) is 12.4. The Morgan fingerprint density at radius 1 is 1.32 bits per heavy atom. The van der Waals surface area contributed by atoms with Gasteiger partial charge in [0.2, 0.25) is 0 Å². The van der Waals surface area contributed by atoms with E-state index in [4.69, 9.17) is 5.73 Å². The van der Waals surface area contributed by atoms with Gasteiger partial charge in [0.05, 0.1) is 11.9 Å². The monoisotopic (exact) mass is 276 g/mol. The predicted octanol–water partition coefficient (Wildman–Crippen LogP) is 3.04. The van der Waals surface area contributed by atoms with E-state index in [9.17, 15) is 0 Å². The quantitative estimate of drug-likeness (QED) is 0.936. The van der Waals surface area contributed by atoms with Crippen LogP contribution < -0.4 is 5.73 Å². The van der Waals surface area contributed by atoms with Crippen molar-refractivity contribution in [3.63, 3.8) is 0 Å². The van der Waals surface area contributed by atoms with Crippen LogP contribution in [0.15, 0.2) is 11.4 Å². The molecule has 19 heavy (non-hydrogen) atoms. The first-order chi connectivity index (χ1) is 9.24. The topological polar surface area (TPSA) is 55.0 Å². The fourth-order valence-electron chi connectivity index (χ4n) is 2.87. The molecular formula is C14H20N4S. The molecule has 2 aromatic heterocycles. The maximum absolute atomic E-state index is 5.99. The van der Waals surface area contributed by atoms with Crippen LogP contribution in [0.2, 0.25) is 0 Å². The fraction of sp³-hybridized carbons (Fsp3) is 0.571. The lowest BCUT2D eigenvalue weighted by atomic mass is 9.94. The van der Waals surface area contributed by atoms with Gasteiger partial charge < -0.3 is 5.73 Å². The van der Waals surface area contributed by atoms with Crippen LogP contribution in [0, 0.1) is 0 Å². The van der Waals surface area contributed by atoms with Gasteiger partial charge in [-0.15, -0.1) is 11.3 Å². The Balaban J connectivity index is 1.76. The summed E-state index contributed by atoms with van der Waals surface area (Å²) in [5.74, 6) is 1.46. The van der Waals surface area contributed by atoms with Gasteiger partial charge in [0, 0.05) is 6.04 Å². The van der Waals surface area contributed by atoms with Crippen molar-refractivity contribution in [3.05, 3.63) is 17.3 Å². The number of anilines is 1. The molecule has 2 N–H and O–H groups in total. The van der Waals surface area contributed by atoms with Crippen LogP contribution in [-0.2, 0) is 6.54 Å². The van der Waals surface area contributed by atoms with Crippen LogP contribution in [0.4, 0.5) is 5.82 Å². The Bertz CT molecular complexity index is 560. The molecule has 2 heterocycles. The highest BCUT2D eigenvalue weighted by atomic mass is 32.1. The van der Waals surface area contributed by atoms with Gasteiger partial charge in [0.25, 0.3) is 0 Å². The van der Waals surface area contributed by atoms with E-state index in [1.165, 1.54) is 32.1 Å². The van der Waals surface area contributed by atoms with E-state index in [1.54, 1.807) is 11.3 Å². The molecule has 1 saturated carbocycles. The Kier molecular flexibility index (Phi) is 3.66. The Morgan fingerprint density at radius 2 is 2.11 bits per heavy atom. The number of fused-ring (bicyclic) bond motifs is 1. The highest BCUT2D eigenvalue weighted by Crippen LogP contribution is 2.25. The lowest BCUT2D eigenvalue weighted by Gasteiger charge is -2.30. The zero-order valence-electron chi connectivity index (χ0n) is 11.3. The Morgan fingerprint density at radius 3 is 2.89 bits per heavy atom. The van der Waals surface area contributed by atoms with E-state index >= 15 is 0 Å². The van der Waals surface area contributed by atoms with Gasteiger partial charge in [-0.2, -0.15) is 0 Å². The summed E-state index contributed by atoms with van der Waals surface area (Å²) < 4.78 is 0. The van der Waals surface area contributed by atoms with E-state index in [1.807, 2.05) is 11.4 Å². The van der Waals surface area contributed by atoms with Crippen molar-refractivity contribution in [1.82, 2.24) is 14.9 Å². The van der Waals surface area contributed by atoms with Gasteiger partial charge in [0.1, 0.15) is 16.5 Å². The SMILES string of the molecule is CN(Cc1nc(N)c2ccsc2n1)C1CCCCC1. The molecule has 0 spiro atoms. The van der Waals surface area contributed by atoms with Crippen molar-refractivity contribution in [2.24, 2.45) is 0 Å². The Labute approximate surface area is 117 Å². The lowest BCUT2D eigenvalue weighted by molar-refractivity contribution is 0.181. The highest BCUT2D eigenvalue weighted by molar-refractivity contribution is 7.16. The zero-order valence-corrected chi connectivity index (χ0v) is 12.1.